The van der Waals surface area contributed by atoms with E-state index in [-0.39, 0.29) is 48.3 Å². The van der Waals surface area contributed by atoms with Crippen molar-refractivity contribution in [3.63, 3.8) is 0 Å². The Morgan fingerprint density at radius 2 is 1.83 bits per heavy atom. The first-order chi connectivity index (χ1) is 1.73. The summed E-state index contributed by atoms with van der Waals surface area (Å²) < 4.78 is 0. The van der Waals surface area contributed by atoms with Crippen molar-refractivity contribution in [3.8, 4) is 0 Å². The molecule has 0 aliphatic rings. The largest absolute Gasteiger partial charge is 2.00 e. The number of rotatable bonds is 0. The van der Waals surface area contributed by atoms with E-state index in [1.165, 1.54) is 0 Å². The Labute approximate surface area is 70.9 Å². The summed E-state index contributed by atoms with van der Waals surface area (Å²) in [5.41, 5.74) is 0. The van der Waals surface area contributed by atoms with E-state index in [1.807, 2.05) is 0 Å². The number of aliphatic carboxylic acids is 1. The van der Waals surface area contributed by atoms with Gasteiger partial charge in [-0.1, -0.05) is 0 Å². The standard InChI is InChI=1S/C2H4O2.Mg.Nb.2H/c1-2(3)4;;;;/h1H3,(H,3,4);;;;/q;+2;;2*-1. The van der Waals surface area contributed by atoms with Crippen molar-refractivity contribution >= 4 is 29.0 Å². The van der Waals surface area contributed by atoms with Crippen LogP contribution >= 0.6 is 0 Å². The van der Waals surface area contributed by atoms with Gasteiger partial charge < -0.3 is 7.96 Å². The van der Waals surface area contributed by atoms with Crippen molar-refractivity contribution in [3.05, 3.63) is 0 Å². The summed E-state index contributed by atoms with van der Waals surface area (Å²) in [6.45, 7) is 1.08. The molecule has 0 saturated carbocycles. The van der Waals surface area contributed by atoms with Gasteiger partial charge in [-0.15, -0.1) is 0 Å². The zero-order valence-electron chi connectivity index (χ0n) is 5.51. The molecule has 0 unspecified atom stereocenters. The fourth-order valence-corrected chi connectivity index (χ4v) is 0. The van der Waals surface area contributed by atoms with Crippen LogP contribution < -0.4 is 0 Å². The third-order valence-electron chi connectivity index (χ3n) is 0. The Morgan fingerprint density at radius 3 is 1.83 bits per heavy atom. The smallest absolute Gasteiger partial charge is 1.00 e. The van der Waals surface area contributed by atoms with Crippen molar-refractivity contribution < 1.29 is 35.1 Å². The van der Waals surface area contributed by atoms with Gasteiger partial charge in [-0.25, -0.2) is 0 Å². The van der Waals surface area contributed by atoms with Crippen molar-refractivity contribution in [1.29, 1.82) is 0 Å². The Morgan fingerprint density at radius 1 is 1.83 bits per heavy atom. The Kier molecular flexibility index (Phi) is 24.6. The van der Waals surface area contributed by atoms with Gasteiger partial charge in [-0.05, 0) is 0 Å². The normalized spacial score (nSPS) is 4.17. The van der Waals surface area contributed by atoms with E-state index in [9.17, 15) is 0 Å². The van der Waals surface area contributed by atoms with E-state index in [0.717, 1.165) is 6.92 Å². The minimum Gasteiger partial charge on any atom is -1.00 e. The molecule has 0 saturated heterocycles. The van der Waals surface area contributed by atoms with E-state index in [2.05, 4.69) is 0 Å². The molecule has 0 aliphatic heterocycles. The van der Waals surface area contributed by atoms with Gasteiger partial charge in [0.15, 0.2) is 0 Å². The molecule has 0 atom stereocenters. The second-order valence-corrected chi connectivity index (χ2v) is 0.519. The molecule has 6 heavy (non-hydrogen) atoms. The van der Waals surface area contributed by atoms with Crippen LogP contribution in [0.15, 0.2) is 0 Å². The van der Waals surface area contributed by atoms with Crippen LogP contribution in [-0.2, 0) is 27.2 Å². The van der Waals surface area contributed by atoms with E-state index < -0.39 is 5.97 Å². The van der Waals surface area contributed by atoms with Crippen LogP contribution in [0.2, 0.25) is 0 Å². The minimum absolute atomic E-state index is 0. The molecule has 4 heteroatoms. The Hall–Kier alpha value is 0.976. The third-order valence-corrected chi connectivity index (χ3v) is 0. The van der Waals surface area contributed by atoms with Crippen LogP contribution in [0.1, 0.15) is 9.78 Å². The van der Waals surface area contributed by atoms with E-state index in [4.69, 9.17) is 9.90 Å². The zero-order valence-corrected chi connectivity index (χ0v) is 7.12. The van der Waals surface area contributed by atoms with Crippen LogP contribution in [0.4, 0.5) is 0 Å². The fourth-order valence-electron chi connectivity index (χ4n) is 0. The molecule has 1 radical (unpaired) electrons. The van der Waals surface area contributed by atoms with Crippen molar-refractivity contribution in [2.45, 2.75) is 6.92 Å². The van der Waals surface area contributed by atoms with Crippen molar-refractivity contribution in [2.24, 2.45) is 0 Å². The SMILES string of the molecule is CC(=O)O.[H-].[H-].[Mg+2].[Nb]. The molecule has 0 aliphatic carbocycles. The summed E-state index contributed by atoms with van der Waals surface area (Å²) >= 11 is 0. The minimum atomic E-state index is -0.833. The summed E-state index contributed by atoms with van der Waals surface area (Å²) in [7, 11) is 0. The van der Waals surface area contributed by atoms with Gasteiger partial charge in [0.05, 0.1) is 0 Å². The summed E-state index contributed by atoms with van der Waals surface area (Å²) in [6, 6.07) is 0. The molecule has 0 fully saturated rings. The maximum Gasteiger partial charge on any atom is 2.00 e. The summed E-state index contributed by atoms with van der Waals surface area (Å²) in [4.78, 5) is 9.00. The first-order valence-corrected chi connectivity index (χ1v) is 0.928. The topological polar surface area (TPSA) is 37.3 Å². The second kappa shape index (κ2) is 9.36. The number of hydrogen-bond donors (Lipinski definition) is 1. The Balaban J connectivity index is -0.00000000750. The average molecular weight is 179 g/mol. The number of carbonyl (C=O) groups is 1. The van der Waals surface area contributed by atoms with Gasteiger partial charge in [0, 0.05) is 29.3 Å². The van der Waals surface area contributed by atoms with E-state index in [1.54, 1.807) is 0 Å². The first kappa shape index (κ1) is 15.8. The van der Waals surface area contributed by atoms with Crippen LogP contribution in [0.5, 0.6) is 0 Å². The number of carboxylic acids is 1. The molecule has 0 bridgehead atoms. The van der Waals surface area contributed by atoms with Gasteiger partial charge in [0.2, 0.25) is 0 Å². The molecule has 2 nitrogen and oxygen atoms in total. The third kappa shape index (κ3) is 82.5. The monoisotopic (exact) mass is 179 g/mol. The van der Waals surface area contributed by atoms with Crippen molar-refractivity contribution in [1.82, 2.24) is 0 Å². The van der Waals surface area contributed by atoms with Gasteiger partial charge in [-0.3, -0.25) is 4.79 Å². The first-order valence-electron chi connectivity index (χ1n) is 0.928. The molecule has 33 valence electrons. The molecular weight excluding hydrogens is 173 g/mol. The van der Waals surface area contributed by atoms with E-state index in [0.29, 0.717) is 0 Å². The van der Waals surface area contributed by atoms with Crippen LogP contribution in [-0.4, -0.2) is 34.1 Å². The predicted molar refractivity (Wildman–Crippen MR) is 21.3 cm³/mol. The Bertz CT molecular complexity index is 41.0. The summed E-state index contributed by atoms with van der Waals surface area (Å²) in [5.74, 6) is -0.833. The number of carboxylic acid groups (broad SMARTS) is 1. The number of hydrogen-bond acceptors (Lipinski definition) is 1. The second-order valence-electron chi connectivity index (χ2n) is 0.519. The molecule has 0 heterocycles. The maximum atomic E-state index is 9.00. The predicted octanol–water partition coefficient (Wildman–Crippen LogP) is -0.0674. The molecule has 0 aromatic carbocycles. The maximum absolute atomic E-state index is 9.00. The zero-order chi connectivity index (χ0) is 3.58. The van der Waals surface area contributed by atoms with Gasteiger partial charge in [-0.2, -0.15) is 0 Å². The van der Waals surface area contributed by atoms with Crippen LogP contribution in [0.3, 0.4) is 0 Å². The molecule has 1 N–H and O–H groups in total. The van der Waals surface area contributed by atoms with Gasteiger partial charge in [0.25, 0.3) is 5.97 Å². The summed E-state index contributed by atoms with van der Waals surface area (Å²) in [6.07, 6.45) is 0. The molecule has 0 aromatic heterocycles. The quantitative estimate of drug-likeness (QED) is 0.529. The van der Waals surface area contributed by atoms with E-state index >= 15 is 0 Å². The molecule has 0 rings (SSSR count). The average Bonchev–Trinajstić information content (AvgIpc) is 0.811. The van der Waals surface area contributed by atoms with Gasteiger partial charge in [0.1, 0.15) is 0 Å². The molecule has 0 amide bonds. The molecular formula is C2H6MgNbO2. The molecule has 0 spiro atoms. The van der Waals surface area contributed by atoms with Crippen LogP contribution in [0, 0.1) is 0 Å². The van der Waals surface area contributed by atoms with Gasteiger partial charge >= 0.3 is 23.1 Å². The van der Waals surface area contributed by atoms with Crippen LogP contribution in [0.25, 0.3) is 0 Å². The fraction of sp³-hybridized carbons (Fsp3) is 0.500. The molecule has 0 aromatic rings. The van der Waals surface area contributed by atoms with Crippen molar-refractivity contribution in [2.75, 3.05) is 0 Å². The summed E-state index contributed by atoms with van der Waals surface area (Å²) in [5, 5.41) is 7.42.